The standard InChI is InChI=1S/C16H23NO2/c1-14(11-15-5-3-2-4-6-15)12-17-9-7-16(19,13-18)8-10-17/h2-6,11,18-19H,7-10,12-13H2,1H3/b14-11+. The van der Waals surface area contributed by atoms with Gasteiger partial charge in [0, 0.05) is 19.6 Å². The van der Waals surface area contributed by atoms with Gasteiger partial charge in [0.2, 0.25) is 0 Å². The molecule has 0 unspecified atom stereocenters. The molecule has 2 rings (SSSR count). The van der Waals surface area contributed by atoms with Crippen LogP contribution in [0.2, 0.25) is 0 Å². The Labute approximate surface area is 115 Å². The van der Waals surface area contributed by atoms with E-state index in [2.05, 4.69) is 30.0 Å². The second-order valence-corrected chi connectivity index (χ2v) is 5.56. The van der Waals surface area contributed by atoms with E-state index in [0.29, 0.717) is 12.8 Å². The van der Waals surface area contributed by atoms with Crippen LogP contribution in [-0.2, 0) is 0 Å². The topological polar surface area (TPSA) is 43.7 Å². The first-order valence-electron chi connectivity index (χ1n) is 6.89. The van der Waals surface area contributed by atoms with Gasteiger partial charge in [0.15, 0.2) is 0 Å². The van der Waals surface area contributed by atoms with Crippen LogP contribution in [0.1, 0.15) is 25.3 Å². The lowest BCUT2D eigenvalue weighted by molar-refractivity contribution is -0.0579. The van der Waals surface area contributed by atoms with Crippen LogP contribution in [0.4, 0.5) is 0 Å². The first-order valence-corrected chi connectivity index (χ1v) is 6.89. The van der Waals surface area contributed by atoms with Gasteiger partial charge in [-0.05, 0) is 25.3 Å². The molecule has 1 heterocycles. The van der Waals surface area contributed by atoms with Crippen molar-refractivity contribution in [2.45, 2.75) is 25.4 Å². The van der Waals surface area contributed by atoms with E-state index < -0.39 is 5.60 Å². The van der Waals surface area contributed by atoms with E-state index in [9.17, 15) is 5.11 Å². The lowest BCUT2D eigenvalue weighted by Crippen LogP contribution is -2.46. The molecule has 0 amide bonds. The maximum absolute atomic E-state index is 9.98. The minimum atomic E-state index is -0.854. The molecule has 0 aromatic heterocycles. The molecule has 0 atom stereocenters. The van der Waals surface area contributed by atoms with Crippen molar-refractivity contribution < 1.29 is 10.2 Å². The Hall–Kier alpha value is -1.16. The van der Waals surface area contributed by atoms with Gasteiger partial charge in [0.1, 0.15) is 0 Å². The molecule has 0 radical (unpaired) electrons. The van der Waals surface area contributed by atoms with Crippen LogP contribution in [0.5, 0.6) is 0 Å². The van der Waals surface area contributed by atoms with Crippen LogP contribution in [0, 0.1) is 0 Å². The highest BCUT2D eigenvalue weighted by Crippen LogP contribution is 2.22. The molecule has 104 valence electrons. The third kappa shape index (κ3) is 4.16. The summed E-state index contributed by atoms with van der Waals surface area (Å²) in [6.07, 6.45) is 3.51. The molecule has 1 aliphatic rings. The van der Waals surface area contributed by atoms with Gasteiger partial charge in [-0.1, -0.05) is 42.0 Å². The van der Waals surface area contributed by atoms with Gasteiger partial charge in [-0.2, -0.15) is 0 Å². The molecule has 1 aromatic rings. The van der Waals surface area contributed by atoms with Gasteiger partial charge < -0.3 is 10.2 Å². The molecular formula is C16H23NO2. The molecule has 0 aliphatic carbocycles. The molecule has 1 fully saturated rings. The van der Waals surface area contributed by atoms with Crippen molar-refractivity contribution in [1.29, 1.82) is 0 Å². The molecule has 1 aliphatic heterocycles. The third-order valence-electron chi connectivity index (χ3n) is 3.77. The van der Waals surface area contributed by atoms with Crippen LogP contribution in [0.15, 0.2) is 35.9 Å². The lowest BCUT2D eigenvalue weighted by Gasteiger charge is -2.37. The summed E-state index contributed by atoms with van der Waals surface area (Å²) in [6, 6.07) is 10.3. The average molecular weight is 261 g/mol. The molecular weight excluding hydrogens is 238 g/mol. The zero-order valence-corrected chi connectivity index (χ0v) is 11.5. The van der Waals surface area contributed by atoms with Gasteiger partial charge in [-0.15, -0.1) is 0 Å². The zero-order valence-electron chi connectivity index (χ0n) is 11.5. The van der Waals surface area contributed by atoms with E-state index in [1.807, 2.05) is 18.2 Å². The second-order valence-electron chi connectivity index (χ2n) is 5.56. The van der Waals surface area contributed by atoms with Gasteiger partial charge in [-0.25, -0.2) is 0 Å². The Morgan fingerprint density at radius 2 is 1.89 bits per heavy atom. The van der Waals surface area contributed by atoms with Gasteiger partial charge >= 0.3 is 0 Å². The van der Waals surface area contributed by atoms with Crippen molar-refractivity contribution in [2.75, 3.05) is 26.2 Å². The number of hydrogen-bond acceptors (Lipinski definition) is 3. The number of nitrogens with zero attached hydrogens (tertiary/aromatic N) is 1. The Morgan fingerprint density at radius 3 is 2.47 bits per heavy atom. The second kappa shape index (κ2) is 6.33. The SMILES string of the molecule is C/C(=C\c1ccccc1)CN1CCC(O)(CO)CC1. The van der Waals surface area contributed by atoms with Crippen molar-refractivity contribution in [2.24, 2.45) is 0 Å². The molecule has 0 spiro atoms. The summed E-state index contributed by atoms with van der Waals surface area (Å²) in [5.41, 5.74) is 1.69. The van der Waals surface area contributed by atoms with Crippen molar-refractivity contribution in [3.05, 3.63) is 41.5 Å². The quantitative estimate of drug-likeness (QED) is 0.870. The van der Waals surface area contributed by atoms with E-state index in [1.165, 1.54) is 11.1 Å². The summed E-state index contributed by atoms with van der Waals surface area (Å²) in [5.74, 6) is 0. The first kappa shape index (κ1) is 14.3. The van der Waals surface area contributed by atoms with E-state index in [0.717, 1.165) is 19.6 Å². The van der Waals surface area contributed by atoms with Crippen molar-refractivity contribution >= 4 is 6.08 Å². The Balaban J connectivity index is 1.87. The number of aliphatic hydroxyl groups excluding tert-OH is 1. The maximum atomic E-state index is 9.98. The molecule has 3 nitrogen and oxygen atoms in total. The highest BCUT2D eigenvalue weighted by atomic mass is 16.3. The minimum absolute atomic E-state index is 0.125. The fraction of sp³-hybridized carbons (Fsp3) is 0.500. The molecule has 2 N–H and O–H groups in total. The predicted molar refractivity (Wildman–Crippen MR) is 77.8 cm³/mol. The third-order valence-corrected chi connectivity index (χ3v) is 3.77. The average Bonchev–Trinajstić information content (AvgIpc) is 2.43. The van der Waals surface area contributed by atoms with Crippen molar-refractivity contribution in [3.8, 4) is 0 Å². The van der Waals surface area contributed by atoms with E-state index in [4.69, 9.17) is 5.11 Å². The van der Waals surface area contributed by atoms with E-state index in [1.54, 1.807) is 0 Å². The highest BCUT2D eigenvalue weighted by Gasteiger charge is 2.31. The highest BCUT2D eigenvalue weighted by molar-refractivity contribution is 5.52. The summed E-state index contributed by atoms with van der Waals surface area (Å²) >= 11 is 0. The number of piperidine rings is 1. The molecule has 0 bridgehead atoms. The first-order chi connectivity index (χ1) is 9.11. The normalized spacial score (nSPS) is 20.5. The monoisotopic (exact) mass is 261 g/mol. The molecule has 1 aromatic carbocycles. The van der Waals surface area contributed by atoms with Crippen molar-refractivity contribution in [3.63, 3.8) is 0 Å². The fourth-order valence-corrected chi connectivity index (χ4v) is 2.52. The zero-order chi connectivity index (χ0) is 13.7. The molecule has 0 saturated carbocycles. The molecule has 19 heavy (non-hydrogen) atoms. The minimum Gasteiger partial charge on any atom is -0.393 e. The number of hydrogen-bond donors (Lipinski definition) is 2. The lowest BCUT2D eigenvalue weighted by atomic mass is 9.92. The Morgan fingerprint density at radius 1 is 1.26 bits per heavy atom. The number of rotatable bonds is 4. The largest absolute Gasteiger partial charge is 0.393 e. The smallest absolute Gasteiger partial charge is 0.0901 e. The predicted octanol–water partition coefficient (Wildman–Crippen LogP) is 1.91. The summed E-state index contributed by atoms with van der Waals surface area (Å²) in [7, 11) is 0. The Kier molecular flexibility index (Phi) is 4.75. The van der Waals surface area contributed by atoms with Crippen LogP contribution in [-0.4, -0.2) is 47.0 Å². The van der Waals surface area contributed by atoms with Gasteiger partial charge in [0.05, 0.1) is 12.2 Å². The van der Waals surface area contributed by atoms with Crippen LogP contribution in [0.3, 0.4) is 0 Å². The summed E-state index contributed by atoms with van der Waals surface area (Å²) in [4.78, 5) is 2.33. The maximum Gasteiger partial charge on any atom is 0.0901 e. The van der Waals surface area contributed by atoms with E-state index in [-0.39, 0.29) is 6.61 Å². The molecule has 3 heteroatoms. The van der Waals surface area contributed by atoms with Gasteiger partial charge in [0.25, 0.3) is 0 Å². The summed E-state index contributed by atoms with van der Waals surface area (Å²) < 4.78 is 0. The van der Waals surface area contributed by atoms with Crippen molar-refractivity contribution in [1.82, 2.24) is 4.90 Å². The van der Waals surface area contributed by atoms with Crippen LogP contribution in [0.25, 0.3) is 6.08 Å². The van der Waals surface area contributed by atoms with Gasteiger partial charge in [-0.3, -0.25) is 4.90 Å². The number of aliphatic hydroxyl groups is 2. The Bertz CT molecular complexity index is 420. The number of likely N-dealkylation sites (tertiary alicyclic amines) is 1. The molecule has 1 saturated heterocycles. The van der Waals surface area contributed by atoms with Crippen LogP contribution < -0.4 is 0 Å². The van der Waals surface area contributed by atoms with Crippen LogP contribution >= 0.6 is 0 Å². The fourth-order valence-electron chi connectivity index (χ4n) is 2.52. The summed E-state index contributed by atoms with van der Waals surface area (Å²) in [6.45, 7) is 4.63. The van der Waals surface area contributed by atoms with E-state index >= 15 is 0 Å². The summed E-state index contributed by atoms with van der Waals surface area (Å²) in [5, 5.41) is 19.1. The number of benzene rings is 1.